The standard InChI is InChI=1S/C24H31ClN2O4S/c1-15-12-17(3)21(13-16(15)2)18(4)26-24(28)19-8-10-27(11-9-19)32(29,30)23-14-20(25)6-7-22(23)31-5/h6-7,12-14,18-19H,8-11H2,1-5H3,(H,26,28)/t18-/m1/s1. The van der Waals surface area contributed by atoms with Gasteiger partial charge in [0.1, 0.15) is 10.6 Å². The normalized spacial score (nSPS) is 16.6. The van der Waals surface area contributed by atoms with Crippen LogP contribution in [0.1, 0.15) is 48.1 Å². The van der Waals surface area contributed by atoms with Crippen LogP contribution in [0.15, 0.2) is 35.2 Å². The van der Waals surface area contributed by atoms with Gasteiger partial charge >= 0.3 is 0 Å². The monoisotopic (exact) mass is 478 g/mol. The Hall–Kier alpha value is -2.09. The number of benzene rings is 2. The van der Waals surface area contributed by atoms with Crippen molar-refractivity contribution in [2.24, 2.45) is 5.92 Å². The molecule has 0 unspecified atom stereocenters. The zero-order chi connectivity index (χ0) is 23.6. The number of nitrogens with zero attached hydrogens (tertiary/aromatic N) is 1. The van der Waals surface area contributed by atoms with E-state index in [0.717, 1.165) is 11.1 Å². The largest absolute Gasteiger partial charge is 0.495 e. The van der Waals surface area contributed by atoms with E-state index < -0.39 is 10.0 Å². The molecule has 1 aliphatic rings. The van der Waals surface area contributed by atoms with Crippen LogP contribution < -0.4 is 10.1 Å². The van der Waals surface area contributed by atoms with Gasteiger partial charge in [-0.2, -0.15) is 4.31 Å². The number of halogens is 1. The Morgan fingerprint density at radius 2 is 1.72 bits per heavy atom. The van der Waals surface area contributed by atoms with Crippen molar-refractivity contribution >= 4 is 27.5 Å². The maximum atomic E-state index is 13.1. The van der Waals surface area contributed by atoms with Crippen molar-refractivity contribution in [1.29, 1.82) is 0 Å². The Morgan fingerprint density at radius 1 is 1.09 bits per heavy atom. The molecular weight excluding hydrogens is 448 g/mol. The molecule has 8 heteroatoms. The van der Waals surface area contributed by atoms with Crippen LogP contribution >= 0.6 is 11.6 Å². The molecule has 0 aliphatic carbocycles. The van der Waals surface area contributed by atoms with Gasteiger partial charge in [-0.1, -0.05) is 23.7 Å². The summed E-state index contributed by atoms with van der Waals surface area (Å²) >= 11 is 6.02. The lowest BCUT2D eigenvalue weighted by Crippen LogP contribution is -2.43. The van der Waals surface area contributed by atoms with Crippen molar-refractivity contribution in [3.63, 3.8) is 0 Å². The van der Waals surface area contributed by atoms with Crippen LogP contribution in [0.2, 0.25) is 5.02 Å². The second-order valence-corrected chi connectivity index (χ2v) is 10.8. The average Bonchev–Trinajstić information content (AvgIpc) is 2.76. The van der Waals surface area contributed by atoms with E-state index in [0.29, 0.717) is 17.9 Å². The first-order valence-corrected chi connectivity index (χ1v) is 12.6. The van der Waals surface area contributed by atoms with Crippen LogP contribution in [0.3, 0.4) is 0 Å². The van der Waals surface area contributed by atoms with Crippen LogP contribution in [0.4, 0.5) is 0 Å². The van der Waals surface area contributed by atoms with E-state index >= 15 is 0 Å². The van der Waals surface area contributed by atoms with Crippen molar-refractivity contribution in [3.8, 4) is 5.75 Å². The highest BCUT2D eigenvalue weighted by Crippen LogP contribution is 2.32. The first-order chi connectivity index (χ1) is 15.0. The van der Waals surface area contributed by atoms with Gasteiger partial charge in [-0.25, -0.2) is 8.42 Å². The fourth-order valence-corrected chi connectivity index (χ4v) is 6.10. The summed E-state index contributed by atoms with van der Waals surface area (Å²) < 4.78 is 32.9. The number of piperidine rings is 1. The van der Waals surface area contributed by atoms with Crippen molar-refractivity contribution in [1.82, 2.24) is 9.62 Å². The molecule has 1 heterocycles. The van der Waals surface area contributed by atoms with Gasteiger partial charge in [0, 0.05) is 24.0 Å². The molecule has 1 saturated heterocycles. The minimum Gasteiger partial charge on any atom is -0.495 e. The molecule has 2 aromatic carbocycles. The molecule has 1 amide bonds. The molecule has 0 bridgehead atoms. The highest BCUT2D eigenvalue weighted by molar-refractivity contribution is 7.89. The number of hydrogen-bond donors (Lipinski definition) is 1. The van der Waals surface area contributed by atoms with Gasteiger partial charge in [-0.15, -0.1) is 0 Å². The van der Waals surface area contributed by atoms with Gasteiger partial charge < -0.3 is 10.1 Å². The second kappa shape index (κ2) is 9.81. The van der Waals surface area contributed by atoms with Crippen LogP contribution in [-0.2, 0) is 14.8 Å². The third kappa shape index (κ3) is 5.11. The van der Waals surface area contributed by atoms with Gasteiger partial charge in [0.2, 0.25) is 15.9 Å². The zero-order valence-corrected chi connectivity index (χ0v) is 20.8. The number of methoxy groups -OCH3 is 1. The third-order valence-electron chi connectivity index (χ3n) is 6.28. The number of nitrogens with one attached hydrogen (secondary N) is 1. The number of aryl methyl sites for hydroxylation is 3. The van der Waals surface area contributed by atoms with Crippen molar-refractivity contribution < 1.29 is 17.9 Å². The molecule has 6 nitrogen and oxygen atoms in total. The molecular formula is C24H31ClN2O4S. The predicted molar refractivity (Wildman–Crippen MR) is 127 cm³/mol. The molecule has 0 saturated carbocycles. The van der Waals surface area contributed by atoms with E-state index in [1.165, 1.54) is 28.6 Å². The summed E-state index contributed by atoms with van der Waals surface area (Å²) in [7, 11) is -2.34. The Bertz CT molecular complexity index is 1110. The third-order valence-corrected chi connectivity index (χ3v) is 8.43. The maximum Gasteiger partial charge on any atom is 0.246 e. The summed E-state index contributed by atoms with van der Waals surface area (Å²) in [5.41, 5.74) is 4.68. The average molecular weight is 479 g/mol. The maximum absolute atomic E-state index is 13.1. The summed E-state index contributed by atoms with van der Waals surface area (Å²) in [4.78, 5) is 13.0. The van der Waals surface area contributed by atoms with E-state index in [4.69, 9.17) is 16.3 Å². The Balaban J connectivity index is 1.66. The second-order valence-electron chi connectivity index (χ2n) is 8.50. The minimum absolute atomic E-state index is 0.0347. The SMILES string of the molecule is COc1ccc(Cl)cc1S(=O)(=O)N1CCC(C(=O)N[C@H](C)c2cc(C)c(C)cc2C)CC1. The number of carbonyl (C=O) groups excluding carboxylic acids is 1. The highest BCUT2D eigenvalue weighted by atomic mass is 35.5. The fourth-order valence-electron chi connectivity index (χ4n) is 4.21. The Morgan fingerprint density at radius 3 is 2.34 bits per heavy atom. The molecule has 1 N–H and O–H groups in total. The lowest BCUT2D eigenvalue weighted by molar-refractivity contribution is -0.126. The number of hydrogen-bond acceptors (Lipinski definition) is 4. The Kier molecular flexibility index (Phi) is 7.53. The van der Waals surface area contributed by atoms with Crippen LogP contribution in [0, 0.1) is 26.7 Å². The Labute approximate surface area is 196 Å². The van der Waals surface area contributed by atoms with Gasteiger partial charge in [0.05, 0.1) is 13.2 Å². The van der Waals surface area contributed by atoms with Crippen molar-refractivity contribution in [2.45, 2.75) is 51.5 Å². The zero-order valence-electron chi connectivity index (χ0n) is 19.2. The topological polar surface area (TPSA) is 75.7 Å². The van der Waals surface area contributed by atoms with E-state index in [2.05, 4.69) is 38.2 Å². The fraction of sp³-hybridized carbons (Fsp3) is 0.458. The van der Waals surface area contributed by atoms with Crippen LogP contribution in [-0.4, -0.2) is 38.8 Å². The van der Waals surface area contributed by atoms with Gasteiger partial charge in [-0.3, -0.25) is 4.79 Å². The van der Waals surface area contributed by atoms with E-state index in [1.54, 1.807) is 12.1 Å². The highest BCUT2D eigenvalue weighted by Gasteiger charge is 2.34. The lowest BCUT2D eigenvalue weighted by Gasteiger charge is -2.31. The van der Waals surface area contributed by atoms with Crippen LogP contribution in [0.5, 0.6) is 5.75 Å². The molecule has 0 aromatic heterocycles. The molecule has 1 atom stereocenters. The first kappa shape index (κ1) is 24.6. The summed E-state index contributed by atoms with van der Waals surface area (Å²) in [6.45, 7) is 8.73. The first-order valence-electron chi connectivity index (χ1n) is 10.8. The molecule has 1 fully saturated rings. The quantitative estimate of drug-likeness (QED) is 0.660. The molecule has 0 radical (unpaired) electrons. The van der Waals surface area contributed by atoms with Crippen molar-refractivity contribution in [2.75, 3.05) is 20.2 Å². The number of amides is 1. The van der Waals surface area contributed by atoms with E-state index in [1.807, 2.05) is 6.92 Å². The number of rotatable bonds is 6. The molecule has 32 heavy (non-hydrogen) atoms. The minimum atomic E-state index is -3.76. The summed E-state index contributed by atoms with van der Waals surface area (Å²) in [5, 5.41) is 3.45. The van der Waals surface area contributed by atoms with Gasteiger partial charge in [-0.05, 0) is 81.0 Å². The molecule has 0 spiro atoms. The number of ether oxygens (including phenoxy) is 1. The molecule has 1 aliphatic heterocycles. The lowest BCUT2D eigenvalue weighted by atomic mass is 9.94. The van der Waals surface area contributed by atoms with Crippen LogP contribution in [0.25, 0.3) is 0 Å². The van der Waals surface area contributed by atoms with Gasteiger partial charge in [0.25, 0.3) is 0 Å². The van der Waals surface area contributed by atoms with Gasteiger partial charge in [0.15, 0.2) is 0 Å². The molecule has 2 aromatic rings. The van der Waals surface area contributed by atoms with E-state index in [9.17, 15) is 13.2 Å². The summed E-state index contributed by atoms with van der Waals surface area (Å²) in [5.74, 6) is -0.00336. The molecule has 3 rings (SSSR count). The summed E-state index contributed by atoms with van der Waals surface area (Å²) in [6.07, 6.45) is 0.930. The smallest absolute Gasteiger partial charge is 0.246 e. The van der Waals surface area contributed by atoms with Crippen molar-refractivity contribution in [3.05, 3.63) is 57.6 Å². The number of carbonyl (C=O) groups is 1. The summed E-state index contributed by atoms with van der Waals surface area (Å²) in [6, 6.07) is 8.70. The number of sulfonamides is 1. The predicted octanol–water partition coefficient (Wildman–Crippen LogP) is 4.55. The molecule has 174 valence electrons. The van der Waals surface area contributed by atoms with E-state index in [-0.39, 0.29) is 41.6 Å².